The van der Waals surface area contributed by atoms with Crippen LogP contribution in [0.25, 0.3) is 0 Å². The Kier molecular flexibility index (Phi) is 5.79. The van der Waals surface area contributed by atoms with Crippen molar-refractivity contribution in [2.24, 2.45) is 0 Å². The van der Waals surface area contributed by atoms with Crippen molar-refractivity contribution in [1.29, 1.82) is 0 Å². The van der Waals surface area contributed by atoms with Crippen LogP contribution in [0.5, 0.6) is 0 Å². The average molecular weight is 421 g/mol. The van der Waals surface area contributed by atoms with Gasteiger partial charge in [-0.2, -0.15) is 0 Å². The van der Waals surface area contributed by atoms with E-state index in [9.17, 15) is 4.79 Å². The summed E-state index contributed by atoms with van der Waals surface area (Å²) in [4.78, 5) is 10.3. The van der Waals surface area contributed by atoms with Crippen LogP contribution in [-0.4, -0.2) is 18.6 Å². The van der Waals surface area contributed by atoms with E-state index in [4.69, 9.17) is 5.11 Å². The Balaban J connectivity index is 1.92. The van der Waals surface area contributed by atoms with Gasteiger partial charge >= 0.3 is 5.97 Å². The summed E-state index contributed by atoms with van der Waals surface area (Å²) in [6.07, 6.45) is 8.01. The molecule has 5 heteroatoms. The first kappa shape index (κ1) is 15.0. The molecule has 1 N–H and O–H groups in total. The third-order valence-electron chi connectivity index (χ3n) is 3.00. The smallest absolute Gasteiger partial charge is 0.303 e. The van der Waals surface area contributed by atoms with Gasteiger partial charge < -0.3 is 5.11 Å². The highest BCUT2D eigenvalue weighted by atomic mass is 79.9. The minimum Gasteiger partial charge on any atom is -0.481 e. The molecule has 0 spiro atoms. The standard InChI is InChI=1S/C11H17Br3O2/c12-10(8-11(10,13)14)7-5-3-1-2-4-6-9(15)16/h1-8H2,(H,15,16). The zero-order chi connectivity index (χ0) is 12.2. The maximum absolute atomic E-state index is 10.3. The highest BCUT2D eigenvalue weighted by molar-refractivity contribution is 9.26. The van der Waals surface area contributed by atoms with Gasteiger partial charge in [-0.1, -0.05) is 73.5 Å². The number of aliphatic carboxylic acids is 1. The van der Waals surface area contributed by atoms with Crippen LogP contribution < -0.4 is 0 Å². The van der Waals surface area contributed by atoms with E-state index in [-0.39, 0.29) is 7.56 Å². The Hall–Kier alpha value is 0.910. The van der Waals surface area contributed by atoms with Gasteiger partial charge in [-0.05, 0) is 19.3 Å². The molecular formula is C11H17Br3O2. The molecule has 0 aromatic carbocycles. The summed E-state index contributed by atoms with van der Waals surface area (Å²) >= 11 is 11.0. The number of hydrogen-bond donors (Lipinski definition) is 1. The number of unbranched alkanes of at least 4 members (excludes halogenated alkanes) is 4. The maximum atomic E-state index is 10.3. The molecule has 1 unspecified atom stereocenters. The minimum atomic E-state index is -0.680. The topological polar surface area (TPSA) is 37.3 Å². The van der Waals surface area contributed by atoms with E-state index in [1.54, 1.807) is 0 Å². The van der Waals surface area contributed by atoms with Crippen LogP contribution in [0.2, 0.25) is 0 Å². The average Bonchev–Trinajstić information content (AvgIpc) is 2.64. The lowest BCUT2D eigenvalue weighted by molar-refractivity contribution is -0.137. The predicted octanol–water partition coefficient (Wildman–Crippen LogP) is 4.83. The predicted molar refractivity (Wildman–Crippen MR) is 76.8 cm³/mol. The molecule has 16 heavy (non-hydrogen) atoms. The Morgan fingerprint density at radius 3 is 2.06 bits per heavy atom. The first-order chi connectivity index (χ1) is 7.37. The normalized spacial score (nSPS) is 26.7. The highest BCUT2D eigenvalue weighted by Gasteiger charge is 2.62. The minimum absolute atomic E-state index is 0.107. The third-order valence-corrected chi connectivity index (χ3v) is 7.49. The van der Waals surface area contributed by atoms with Crippen LogP contribution in [0.3, 0.4) is 0 Å². The third kappa shape index (κ3) is 4.65. The summed E-state index contributed by atoms with van der Waals surface area (Å²) < 4.78 is 0.345. The summed E-state index contributed by atoms with van der Waals surface area (Å²) in [7, 11) is 0. The van der Waals surface area contributed by atoms with Gasteiger partial charge in [0.1, 0.15) is 0 Å². The number of carbonyl (C=O) groups is 1. The van der Waals surface area contributed by atoms with E-state index in [0.717, 1.165) is 25.7 Å². The van der Waals surface area contributed by atoms with Crippen molar-refractivity contribution < 1.29 is 9.90 Å². The molecule has 0 bridgehead atoms. The van der Waals surface area contributed by atoms with Gasteiger partial charge in [0.25, 0.3) is 0 Å². The van der Waals surface area contributed by atoms with Crippen molar-refractivity contribution in [2.45, 2.75) is 58.9 Å². The van der Waals surface area contributed by atoms with Gasteiger partial charge in [-0.25, -0.2) is 0 Å². The molecule has 0 aromatic heterocycles. The summed E-state index contributed by atoms with van der Waals surface area (Å²) in [5.74, 6) is -0.680. The van der Waals surface area contributed by atoms with Crippen molar-refractivity contribution in [1.82, 2.24) is 0 Å². The lowest BCUT2D eigenvalue weighted by Gasteiger charge is -2.09. The molecule has 0 heterocycles. The van der Waals surface area contributed by atoms with Gasteiger partial charge in [0.15, 0.2) is 0 Å². The van der Waals surface area contributed by atoms with Crippen LogP contribution in [0.1, 0.15) is 51.4 Å². The fourth-order valence-electron chi connectivity index (χ4n) is 1.79. The van der Waals surface area contributed by atoms with Crippen LogP contribution in [-0.2, 0) is 4.79 Å². The van der Waals surface area contributed by atoms with Crippen molar-refractivity contribution in [3.05, 3.63) is 0 Å². The quantitative estimate of drug-likeness (QED) is 0.451. The monoisotopic (exact) mass is 418 g/mol. The number of hydrogen-bond acceptors (Lipinski definition) is 1. The van der Waals surface area contributed by atoms with Crippen LogP contribution in [0.15, 0.2) is 0 Å². The second-order valence-corrected chi connectivity index (χ2v) is 9.80. The van der Waals surface area contributed by atoms with E-state index < -0.39 is 5.97 Å². The van der Waals surface area contributed by atoms with E-state index in [1.165, 1.54) is 19.3 Å². The van der Waals surface area contributed by atoms with E-state index in [2.05, 4.69) is 47.8 Å². The molecule has 0 aliphatic heterocycles. The molecule has 0 aromatic rings. The van der Waals surface area contributed by atoms with Gasteiger partial charge in [0, 0.05) is 6.42 Å². The fourth-order valence-corrected chi connectivity index (χ4v) is 4.60. The maximum Gasteiger partial charge on any atom is 0.303 e. The molecule has 1 fully saturated rings. The van der Waals surface area contributed by atoms with Gasteiger partial charge in [-0.15, -0.1) is 0 Å². The zero-order valence-corrected chi connectivity index (χ0v) is 13.9. The van der Waals surface area contributed by atoms with Crippen molar-refractivity contribution in [2.75, 3.05) is 0 Å². The Morgan fingerprint density at radius 2 is 1.56 bits per heavy atom. The van der Waals surface area contributed by atoms with Crippen molar-refractivity contribution in [3.8, 4) is 0 Å². The zero-order valence-electron chi connectivity index (χ0n) is 9.15. The molecule has 0 saturated heterocycles. The number of carboxylic acids is 1. The number of rotatable bonds is 8. The molecule has 1 aliphatic carbocycles. The molecular weight excluding hydrogens is 404 g/mol. The SMILES string of the molecule is O=C(O)CCCCCCCC1(Br)CC1(Br)Br. The number of carboxylic acid groups (broad SMARTS) is 1. The summed E-state index contributed by atoms with van der Waals surface area (Å²) in [6.45, 7) is 0. The van der Waals surface area contributed by atoms with E-state index in [0.29, 0.717) is 6.42 Å². The molecule has 2 nitrogen and oxygen atoms in total. The Morgan fingerprint density at radius 1 is 1.06 bits per heavy atom. The first-order valence-electron chi connectivity index (χ1n) is 5.66. The van der Waals surface area contributed by atoms with Gasteiger partial charge in [-0.3, -0.25) is 4.79 Å². The van der Waals surface area contributed by atoms with E-state index in [1.807, 2.05) is 0 Å². The Bertz CT molecular complexity index is 256. The number of halogens is 3. The molecule has 0 amide bonds. The first-order valence-corrected chi connectivity index (χ1v) is 8.04. The molecule has 1 saturated carbocycles. The molecule has 1 aliphatic rings. The summed E-state index contributed by atoms with van der Waals surface area (Å²) in [5.41, 5.74) is 0. The van der Waals surface area contributed by atoms with Crippen LogP contribution in [0, 0.1) is 0 Å². The lowest BCUT2D eigenvalue weighted by atomic mass is 10.1. The lowest BCUT2D eigenvalue weighted by Crippen LogP contribution is -2.06. The molecule has 1 atom stereocenters. The Labute approximate surface area is 122 Å². The molecule has 1 rings (SSSR count). The van der Waals surface area contributed by atoms with Crippen LogP contribution >= 0.6 is 47.8 Å². The second-order valence-electron chi connectivity index (χ2n) is 4.51. The molecule has 0 radical (unpaired) electrons. The summed E-state index contributed by atoms with van der Waals surface area (Å²) in [6, 6.07) is 0. The fraction of sp³-hybridized carbons (Fsp3) is 0.909. The summed E-state index contributed by atoms with van der Waals surface area (Å²) in [5, 5.41) is 8.47. The van der Waals surface area contributed by atoms with E-state index >= 15 is 0 Å². The highest BCUT2D eigenvalue weighted by Crippen LogP contribution is 2.67. The number of alkyl halides is 3. The van der Waals surface area contributed by atoms with Gasteiger partial charge in [0.05, 0.1) is 7.56 Å². The van der Waals surface area contributed by atoms with Crippen molar-refractivity contribution >= 4 is 53.8 Å². The largest absolute Gasteiger partial charge is 0.481 e. The van der Waals surface area contributed by atoms with Gasteiger partial charge in [0.2, 0.25) is 0 Å². The van der Waals surface area contributed by atoms with Crippen molar-refractivity contribution in [3.63, 3.8) is 0 Å². The second kappa shape index (κ2) is 6.19. The van der Waals surface area contributed by atoms with Crippen LogP contribution in [0.4, 0.5) is 0 Å². The molecule has 94 valence electrons.